The standard InChI is InChI=1S/C16H15N3O5/c1-10-3-4-11(7-14(10)19(22)23)9-17-18-16(21)13-6-5-12(24-2)8-15(13)20/h3-9,20H,1-2H3,(H,18,21)/b17-9-. The molecule has 124 valence electrons. The molecule has 0 fully saturated rings. The molecule has 0 aliphatic heterocycles. The summed E-state index contributed by atoms with van der Waals surface area (Å²) in [6.07, 6.45) is 1.28. The second-order valence-corrected chi connectivity index (χ2v) is 4.89. The number of amides is 1. The Hall–Kier alpha value is -3.42. The minimum Gasteiger partial charge on any atom is -0.507 e. The molecule has 0 saturated carbocycles. The highest BCUT2D eigenvalue weighted by atomic mass is 16.6. The zero-order valence-electron chi connectivity index (χ0n) is 13.0. The molecule has 0 aliphatic rings. The molecule has 24 heavy (non-hydrogen) atoms. The summed E-state index contributed by atoms with van der Waals surface area (Å²) in [5.74, 6) is -0.444. The third-order valence-corrected chi connectivity index (χ3v) is 3.26. The van der Waals surface area contributed by atoms with Crippen molar-refractivity contribution in [1.29, 1.82) is 0 Å². The molecule has 0 aliphatic carbocycles. The fourth-order valence-electron chi connectivity index (χ4n) is 1.96. The van der Waals surface area contributed by atoms with Crippen LogP contribution in [-0.2, 0) is 0 Å². The highest BCUT2D eigenvalue weighted by molar-refractivity contribution is 5.97. The van der Waals surface area contributed by atoms with E-state index in [1.165, 1.54) is 37.6 Å². The number of hydrazone groups is 1. The zero-order valence-corrected chi connectivity index (χ0v) is 13.0. The number of ether oxygens (including phenoxy) is 1. The molecule has 0 aromatic heterocycles. The third-order valence-electron chi connectivity index (χ3n) is 3.26. The Labute approximate surface area is 137 Å². The maximum atomic E-state index is 12.0. The van der Waals surface area contributed by atoms with Crippen molar-refractivity contribution in [3.05, 3.63) is 63.2 Å². The smallest absolute Gasteiger partial charge is 0.275 e. The number of nitrogens with zero attached hydrogens (tertiary/aromatic N) is 2. The summed E-state index contributed by atoms with van der Waals surface area (Å²) < 4.78 is 4.93. The Morgan fingerprint density at radius 3 is 2.71 bits per heavy atom. The molecule has 1 amide bonds. The van der Waals surface area contributed by atoms with E-state index in [-0.39, 0.29) is 17.0 Å². The highest BCUT2D eigenvalue weighted by Gasteiger charge is 2.12. The number of aryl methyl sites for hydroxylation is 1. The van der Waals surface area contributed by atoms with Crippen molar-refractivity contribution < 1.29 is 19.6 Å². The molecule has 2 N–H and O–H groups in total. The van der Waals surface area contributed by atoms with Gasteiger partial charge in [-0.1, -0.05) is 12.1 Å². The molecule has 2 aromatic carbocycles. The van der Waals surface area contributed by atoms with E-state index in [2.05, 4.69) is 10.5 Å². The van der Waals surface area contributed by atoms with Gasteiger partial charge in [0.2, 0.25) is 0 Å². The first-order chi connectivity index (χ1) is 11.4. The summed E-state index contributed by atoms with van der Waals surface area (Å²) in [4.78, 5) is 22.3. The summed E-state index contributed by atoms with van der Waals surface area (Å²) in [5.41, 5.74) is 3.25. The molecule has 0 heterocycles. The van der Waals surface area contributed by atoms with E-state index < -0.39 is 10.8 Å². The predicted octanol–water partition coefficient (Wildman–Crippen LogP) is 2.38. The third kappa shape index (κ3) is 3.86. The minimum atomic E-state index is -0.618. The number of phenolic OH excluding ortho intramolecular Hbond substituents is 1. The predicted molar refractivity (Wildman–Crippen MR) is 87.6 cm³/mol. The summed E-state index contributed by atoms with van der Waals surface area (Å²) in [5, 5.41) is 24.4. The Morgan fingerprint density at radius 2 is 2.08 bits per heavy atom. The van der Waals surface area contributed by atoms with Crippen molar-refractivity contribution in [3.8, 4) is 11.5 Å². The van der Waals surface area contributed by atoms with Gasteiger partial charge in [-0.3, -0.25) is 14.9 Å². The number of nitro groups is 1. The van der Waals surface area contributed by atoms with Crippen LogP contribution in [0.3, 0.4) is 0 Å². The number of carbonyl (C=O) groups is 1. The van der Waals surface area contributed by atoms with Gasteiger partial charge in [-0.05, 0) is 19.1 Å². The molecular formula is C16H15N3O5. The fraction of sp³-hybridized carbons (Fsp3) is 0.125. The molecule has 0 saturated heterocycles. The number of phenols is 1. The first-order valence-electron chi connectivity index (χ1n) is 6.88. The molecule has 2 aromatic rings. The van der Waals surface area contributed by atoms with E-state index in [4.69, 9.17) is 4.74 Å². The molecule has 8 nitrogen and oxygen atoms in total. The SMILES string of the molecule is COc1ccc(C(=O)N/N=C\c2ccc(C)c([N+](=O)[O-])c2)c(O)c1. The topological polar surface area (TPSA) is 114 Å². The molecule has 0 spiro atoms. The van der Waals surface area contributed by atoms with Crippen LogP contribution < -0.4 is 10.2 Å². The Bertz CT molecular complexity index is 817. The number of methoxy groups -OCH3 is 1. The van der Waals surface area contributed by atoms with E-state index in [0.29, 0.717) is 16.9 Å². The van der Waals surface area contributed by atoms with Gasteiger partial charge >= 0.3 is 0 Å². The van der Waals surface area contributed by atoms with Crippen molar-refractivity contribution in [3.63, 3.8) is 0 Å². The Morgan fingerprint density at radius 1 is 1.33 bits per heavy atom. The van der Waals surface area contributed by atoms with Gasteiger partial charge in [0.05, 0.1) is 23.8 Å². The van der Waals surface area contributed by atoms with Crippen LogP contribution in [0, 0.1) is 17.0 Å². The molecule has 0 atom stereocenters. The van der Waals surface area contributed by atoms with Crippen molar-refractivity contribution in [2.24, 2.45) is 5.10 Å². The molecule has 0 bridgehead atoms. The van der Waals surface area contributed by atoms with Crippen molar-refractivity contribution in [2.75, 3.05) is 7.11 Å². The van der Waals surface area contributed by atoms with Gasteiger partial charge in [0.25, 0.3) is 11.6 Å². The van der Waals surface area contributed by atoms with Crippen molar-refractivity contribution in [2.45, 2.75) is 6.92 Å². The van der Waals surface area contributed by atoms with E-state index in [1.54, 1.807) is 19.1 Å². The van der Waals surface area contributed by atoms with Crippen LogP contribution in [0.1, 0.15) is 21.5 Å². The lowest BCUT2D eigenvalue weighted by atomic mass is 10.1. The van der Waals surface area contributed by atoms with Crippen LogP contribution in [-0.4, -0.2) is 29.3 Å². The maximum absolute atomic E-state index is 12.0. The zero-order chi connectivity index (χ0) is 17.7. The number of hydrogen-bond donors (Lipinski definition) is 2. The first-order valence-corrected chi connectivity index (χ1v) is 6.88. The van der Waals surface area contributed by atoms with Gasteiger partial charge in [-0.25, -0.2) is 5.43 Å². The second kappa shape index (κ2) is 7.23. The maximum Gasteiger partial charge on any atom is 0.275 e. The number of benzene rings is 2. The lowest BCUT2D eigenvalue weighted by molar-refractivity contribution is -0.385. The number of nitro benzene ring substituents is 1. The number of carbonyl (C=O) groups excluding carboxylic acids is 1. The second-order valence-electron chi connectivity index (χ2n) is 4.89. The Balaban J connectivity index is 2.10. The van der Waals surface area contributed by atoms with E-state index in [9.17, 15) is 20.0 Å². The van der Waals surface area contributed by atoms with Gasteiger partial charge in [-0.2, -0.15) is 5.10 Å². The first kappa shape index (κ1) is 16.9. The number of hydrogen-bond acceptors (Lipinski definition) is 6. The summed E-state index contributed by atoms with van der Waals surface area (Å²) in [7, 11) is 1.44. The normalized spacial score (nSPS) is 10.6. The number of rotatable bonds is 5. The van der Waals surface area contributed by atoms with Crippen LogP contribution in [0.4, 0.5) is 5.69 Å². The molecule has 2 rings (SSSR count). The largest absolute Gasteiger partial charge is 0.507 e. The van der Waals surface area contributed by atoms with E-state index in [0.717, 1.165) is 0 Å². The van der Waals surface area contributed by atoms with Crippen LogP contribution in [0.2, 0.25) is 0 Å². The summed E-state index contributed by atoms with van der Waals surface area (Å²) in [6.45, 7) is 1.63. The van der Waals surface area contributed by atoms with E-state index >= 15 is 0 Å². The van der Waals surface area contributed by atoms with Crippen molar-refractivity contribution in [1.82, 2.24) is 5.43 Å². The minimum absolute atomic E-state index is 0.0296. The average molecular weight is 329 g/mol. The van der Waals surface area contributed by atoms with E-state index in [1.807, 2.05) is 0 Å². The quantitative estimate of drug-likeness (QED) is 0.496. The number of aromatic hydroxyl groups is 1. The van der Waals surface area contributed by atoms with Gasteiger partial charge in [0.1, 0.15) is 11.5 Å². The van der Waals surface area contributed by atoms with Gasteiger partial charge in [0.15, 0.2) is 0 Å². The highest BCUT2D eigenvalue weighted by Crippen LogP contribution is 2.23. The molecule has 0 radical (unpaired) electrons. The fourth-order valence-corrected chi connectivity index (χ4v) is 1.96. The van der Waals surface area contributed by atoms with Crippen molar-refractivity contribution >= 4 is 17.8 Å². The van der Waals surface area contributed by atoms with Crippen LogP contribution >= 0.6 is 0 Å². The monoisotopic (exact) mass is 329 g/mol. The molecular weight excluding hydrogens is 314 g/mol. The van der Waals surface area contributed by atoms with Gasteiger partial charge < -0.3 is 9.84 Å². The average Bonchev–Trinajstić information content (AvgIpc) is 2.55. The Kier molecular flexibility index (Phi) is 5.10. The van der Waals surface area contributed by atoms with Crippen LogP contribution in [0.15, 0.2) is 41.5 Å². The van der Waals surface area contributed by atoms with Gasteiger partial charge in [-0.15, -0.1) is 0 Å². The lowest BCUT2D eigenvalue weighted by Crippen LogP contribution is -2.17. The van der Waals surface area contributed by atoms with Crippen LogP contribution in [0.5, 0.6) is 11.5 Å². The van der Waals surface area contributed by atoms with Crippen LogP contribution in [0.25, 0.3) is 0 Å². The lowest BCUT2D eigenvalue weighted by Gasteiger charge is -2.05. The summed E-state index contributed by atoms with van der Waals surface area (Å²) >= 11 is 0. The molecule has 8 heteroatoms. The number of nitrogens with one attached hydrogen (secondary N) is 1. The summed E-state index contributed by atoms with van der Waals surface area (Å²) in [6, 6.07) is 8.83. The molecule has 0 unspecified atom stereocenters. The van der Waals surface area contributed by atoms with Gasteiger partial charge in [0, 0.05) is 23.3 Å².